The summed E-state index contributed by atoms with van der Waals surface area (Å²) in [7, 11) is 0. The normalized spacial score (nSPS) is 14.8. The maximum absolute atomic E-state index is 9.83. The lowest BCUT2D eigenvalue weighted by Crippen LogP contribution is -2.27. The summed E-state index contributed by atoms with van der Waals surface area (Å²) in [5.74, 6) is 0.170. The Morgan fingerprint density at radius 2 is 1.71 bits per heavy atom. The molecule has 2 aromatic rings. The third-order valence-electron chi connectivity index (χ3n) is 2.80. The molecule has 4 heteroatoms. The van der Waals surface area contributed by atoms with E-state index >= 15 is 0 Å². The molecule has 0 spiro atoms. The molecule has 90 valence electrons. The third-order valence-corrected chi connectivity index (χ3v) is 2.80. The van der Waals surface area contributed by atoms with Crippen molar-refractivity contribution in [3.05, 3.63) is 42.0 Å². The maximum Gasteiger partial charge on any atom is 0.116 e. The van der Waals surface area contributed by atoms with Crippen molar-refractivity contribution < 1.29 is 15.3 Å². The second-order valence-electron chi connectivity index (χ2n) is 4.04. The van der Waals surface area contributed by atoms with Crippen LogP contribution in [0.5, 0.6) is 5.75 Å². The van der Waals surface area contributed by atoms with E-state index in [-0.39, 0.29) is 12.3 Å². The number of aromatic hydroxyl groups is 1. The van der Waals surface area contributed by atoms with Crippen molar-refractivity contribution in [3.63, 3.8) is 0 Å². The van der Waals surface area contributed by atoms with Crippen LogP contribution in [0.4, 0.5) is 0 Å². The Labute approximate surface area is 98.9 Å². The second kappa shape index (κ2) is 4.71. The lowest BCUT2D eigenvalue weighted by molar-refractivity contribution is 0.0244. The molecule has 5 N–H and O–H groups in total. The molecule has 2 atom stereocenters. The summed E-state index contributed by atoms with van der Waals surface area (Å²) in [6.07, 6.45) is -1.99. The molecule has 0 bridgehead atoms. The first-order valence-electron chi connectivity index (χ1n) is 5.40. The van der Waals surface area contributed by atoms with Gasteiger partial charge < -0.3 is 21.1 Å². The van der Waals surface area contributed by atoms with Gasteiger partial charge in [0, 0.05) is 6.54 Å². The van der Waals surface area contributed by atoms with Crippen LogP contribution in [0.1, 0.15) is 11.7 Å². The lowest BCUT2D eigenvalue weighted by Gasteiger charge is -2.16. The predicted molar refractivity (Wildman–Crippen MR) is 65.6 cm³/mol. The molecule has 2 aromatic carbocycles. The molecule has 0 aliphatic heterocycles. The SMILES string of the molecule is NCC(O)C(O)c1ccc2ccc(O)cc2c1. The highest BCUT2D eigenvalue weighted by atomic mass is 16.3. The molecule has 2 unspecified atom stereocenters. The summed E-state index contributed by atoms with van der Waals surface area (Å²) >= 11 is 0. The minimum absolute atomic E-state index is 0.000751. The van der Waals surface area contributed by atoms with Crippen LogP contribution in [0.3, 0.4) is 0 Å². The van der Waals surface area contributed by atoms with E-state index in [4.69, 9.17) is 5.73 Å². The number of aliphatic hydroxyl groups is 2. The Kier molecular flexibility index (Phi) is 3.28. The number of nitrogens with two attached hydrogens (primary N) is 1. The van der Waals surface area contributed by atoms with E-state index < -0.39 is 12.2 Å². The number of benzene rings is 2. The number of hydrogen-bond donors (Lipinski definition) is 4. The predicted octanol–water partition coefficient (Wildman–Crippen LogP) is 0.898. The Bertz CT molecular complexity index is 527. The average Bonchev–Trinajstić information content (AvgIpc) is 2.36. The first-order chi connectivity index (χ1) is 8.11. The number of fused-ring (bicyclic) bond motifs is 1. The van der Waals surface area contributed by atoms with E-state index in [0.29, 0.717) is 5.56 Å². The van der Waals surface area contributed by atoms with Gasteiger partial charge in [0.2, 0.25) is 0 Å². The molecule has 4 nitrogen and oxygen atoms in total. The standard InChI is InChI=1S/C13H15NO3/c14-7-12(16)13(17)9-2-1-8-3-4-11(15)6-10(8)5-9/h1-6,12-13,15-17H,7,14H2. The molecule has 0 aliphatic rings. The highest BCUT2D eigenvalue weighted by Crippen LogP contribution is 2.25. The Hall–Kier alpha value is -1.62. The molecule has 0 fully saturated rings. The Balaban J connectivity index is 2.43. The fourth-order valence-corrected chi connectivity index (χ4v) is 1.79. The number of rotatable bonds is 3. The van der Waals surface area contributed by atoms with Crippen LogP contribution in [0, 0.1) is 0 Å². The number of aliphatic hydroxyl groups excluding tert-OH is 2. The van der Waals surface area contributed by atoms with Crippen LogP contribution in [-0.2, 0) is 0 Å². The Morgan fingerprint density at radius 1 is 1.00 bits per heavy atom. The van der Waals surface area contributed by atoms with Crippen molar-refractivity contribution in [1.29, 1.82) is 0 Å². The van der Waals surface area contributed by atoms with Gasteiger partial charge in [-0.2, -0.15) is 0 Å². The van der Waals surface area contributed by atoms with Crippen molar-refractivity contribution in [2.45, 2.75) is 12.2 Å². The van der Waals surface area contributed by atoms with Gasteiger partial charge in [0.25, 0.3) is 0 Å². The smallest absolute Gasteiger partial charge is 0.116 e. The van der Waals surface area contributed by atoms with Crippen LogP contribution in [0.15, 0.2) is 36.4 Å². The minimum atomic E-state index is -1.01. The van der Waals surface area contributed by atoms with Crippen molar-refractivity contribution in [2.24, 2.45) is 5.73 Å². The van der Waals surface area contributed by atoms with Gasteiger partial charge in [-0.3, -0.25) is 0 Å². The quantitative estimate of drug-likeness (QED) is 0.634. The van der Waals surface area contributed by atoms with Crippen molar-refractivity contribution in [2.75, 3.05) is 6.54 Å². The van der Waals surface area contributed by atoms with E-state index in [1.165, 1.54) is 0 Å². The van der Waals surface area contributed by atoms with Gasteiger partial charge in [-0.1, -0.05) is 18.2 Å². The van der Waals surface area contributed by atoms with E-state index in [9.17, 15) is 15.3 Å². The van der Waals surface area contributed by atoms with Crippen molar-refractivity contribution in [3.8, 4) is 5.75 Å². The highest BCUT2D eigenvalue weighted by Gasteiger charge is 2.16. The van der Waals surface area contributed by atoms with E-state index in [2.05, 4.69) is 0 Å². The van der Waals surface area contributed by atoms with E-state index in [1.807, 2.05) is 6.07 Å². The fraction of sp³-hybridized carbons (Fsp3) is 0.231. The summed E-state index contributed by atoms with van der Waals surface area (Å²) in [6, 6.07) is 10.3. The zero-order valence-corrected chi connectivity index (χ0v) is 9.24. The molecule has 17 heavy (non-hydrogen) atoms. The molecule has 0 heterocycles. The average molecular weight is 233 g/mol. The minimum Gasteiger partial charge on any atom is -0.508 e. The van der Waals surface area contributed by atoms with E-state index in [1.54, 1.807) is 30.3 Å². The first kappa shape index (κ1) is 11.9. The van der Waals surface area contributed by atoms with Crippen molar-refractivity contribution >= 4 is 10.8 Å². The van der Waals surface area contributed by atoms with Crippen LogP contribution in [0.25, 0.3) is 10.8 Å². The molecule has 0 amide bonds. The van der Waals surface area contributed by atoms with Gasteiger partial charge in [0.05, 0.1) is 6.10 Å². The molecule has 2 rings (SSSR count). The second-order valence-corrected chi connectivity index (χ2v) is 4.04. The van der Waals surface area contributed by atoms with Crippen LogP contribution >= 0.6 is 0 Å². The number of phenols is 1. The molecular weight excluding hydrogens is 218 g/mol. The highest BCUT2D eigenvalue weighted by molar-refractivity contribution is 5.84. The van der Waals surface area contributed by atoms with Crippen LogP contribution in [0.2, 0.25) is 0 Å². The van der Waals surface area contributed by atoms with Gasteiger partial charge in [-0.15, -0.1) is 0 Å². The van der Waals surface area contributed by atoms with E-state index in [0.717, 1.165) is 10.8 Å². The summed E-state index contributed by atoms with van der Waals surface area (Å²) in [5.41, 5.74) is 5.88. The molecule has 0 radical (unpaired) electrons. The number of phenolic OH excluding ortho intramolecular Hbond substituents is 1. The Morgan fingerprint density at radius 3 is 2.41 bits per heavy atom. The van der Waals surface area contributed by atoms with Crippen molar-refractivity contribution in [1.82, 2.24) is 0 Å². The lowest BCUT2D eigenvalue weighted by atomic mass is 10.0. The van der Waals surface area contributed by atoms with Gasteiger partial charge in [-0.25, -0.2) is 0 Å². The number of hydrogen-bond acceptors (Lipinski definition) is 4. The first-order valence-corrected chi connectivity index (χ1v) is 5.40. The topological polar surface area (TPSA) is 86.7 Å². The molecular formula is C13H15NO3. The zero-order chi connectivity index (χ0) is 12.4. The zero-order valence-electron chi connectivity index (χ0n) is 9.24. The molecule has 0 saturated carbocycles. The fourth-order valence-electron chi connectivity index (χ4n) is 1.79. The van der Waals surface area contributed by atoms with Crippen LogP contribution < -0.4 is 5.73 Å². The molecule has 0 aromatic heterocycles. The monoisotopic (exact) mass is 233 g/mol. The molecule has 0 aliphatic carbocycles. The largest absolute Gasteiger partial charge is 0.508 e. The molecule has 0 saturated heterocycles. The van der Waals surface area contributed by atoms with Gasteiger partial charge in [0.1, 0.15) is 11.9 Å². The third kappa shape index (κ3) is 2.39. The van der Waals surface area contributed by atoms with Gasteiger partial charge in [0.15, 0.2) is 0 Å². The summed E-state index contributed by atoms with van der Waals surface area (Å²) < 4.78 is 0. The maximum atomic E-state index is 9.83. The summed E-state index contributed by atoms with van der Waals surface area (Å²) in [6.45, 7) is -0.000751. The van der Waals surface area contributed by atoms with Crippen LogP contribution in [-0.4, -0.2) is 28.0 Å². The summed E-state index contributed by atoms with van der Waals surface area (Å²) in [5, 5.41) is 30.5. The van der Waals surface area contributed by atoms with Gasteiger partial charge >= 0.3 is 0 Å². The van der Waals surface area contributed by atoms with Gasteiger partial charge in [-0.05, 0) is 34.5 Å². The summed E-state index contributed by atoms with van der Waals surface area (Å²) in [4.78, 5) is 0.